The molecule has 5 heteroatoms. The molecule has 0 atom stereocenters. The summed E-state index contributed by atoms with van der Waals surface area (Å²) < 4.78 is 10.9. The summed E-state index contributed by atoms with van der Waals surface area (Å²) in [4.78, 5) is 18.2. The van der Waals surface area contributed by atoms with Crippen molar-refractivity contribution < 1.29 is 13.9 Å². The maximum absolute atomic E-state index is 10.3. The van der Waals surface area contributed by atoms with Gasteiger partial charge in [-0.1, -0.05) is 6.07 Å². The number of benzene rings is 2. The molecule has 0 unspecified atom stereocenters. The van der Waals surface area contributed by atoms with Crippen LogP contribution in [0.4, 0.5) is 5.69 Å². The zero-order valence-corrected chi connectivity index (χ0v) is 10.7. The first-order valence-electron chi connectivity index (χ1n) is 5.93. The van der Waals surface area contributed by atoms with E-state index in [1.54, 1.807) is 25.3 Å². The number of fused-ring (bicyclic) bond motifs is 1. The fourth-order valence-corrected chi connectivity index (χ4v) is 1.92. The van der Waals surface area contributed by atoms with Crippen molar-refractivity contribution in [1.82, 2.24) is 4.98 Å². The first-order chi connectivity index (χ1) is 9.80. The van der Waals surface area contributed by atoms with Crippen LogP contribution in [0.2, 0.25) is 0 Å². The average molecular weight is 266 g/mol. The molecular formula is C15H10N2O3. The lowest BCUT2D eigenvalue weighted by Gasteiger charge is -2.00. The van der Waals surface area contributed by atoms with E-state index in [1.165, 1.54) is 6.08 Å². The summed E-state index contributed by atoms with van der Waals surface area (Å²) in [7, 11) is 1.61. The molecule has 0 aliphatic carbocycles. The number of ether oxygens (including phenoxy) is 1. The number of aliphatic imine (C=N–C) groups is 1. The van der Waals surface area contributed by atoms with Gasteiger partial charge in [0.05, 0.1) is 12.8 Å². The molecule has 98 valence electrons. The Bertz CT molecular complexity index is 817. The highest BCUT2D eigenvalue weighted by Crippen LogP contribution is 2.28. The van der Waals surface area contributed by atoms with Crippen molar-refractivity contribution in [3.8, 4) is 17.2 Å². The van der Waals surface area contributed by atoms with Crippen LogP contribution in [0.15, 0.2) is 51.9 Å². The Labute approximate surface area is 114 Å². The molecule has 3 rings (SSSR count). The van der Waals surface area contributed by atoms with Crippen LogP contribution in [-0.4, -0.2) is 18.2 Å². The maximum atomic E-state index is 10.3. The van der Waals surface area contributed by atoms with Crippen LogP contribution in [0.25, 0.3) is 22.6 Å². The second-order valence-electron chi connectivity index (χ2n) is 4.11. The van der Waals surface area contributed by atoms with Gasteiger partial charge >= 0.3 is 0 Å². The van der Waals surface area contributed by atoms with E-state index < -0.39 is 0 Å². The molecule has 0 saturated heterocycles. The number of oxazole rings is 1. The minimum Gasteiger partial charge on any atom is -0.497 e. The molecule has 0 bridgehead atoms. The smallest absolute Gasteiger partial charge is 0.240 e. The van der Waals surface area contributed by atoms with Crippen molar-refractivity contribution >= 4 is 22.9 Å². The summed E-state index contributed by atoms with van der Waals surface area (Å²) in [5, 5.41) is 0. The average Bonchev–Trinajstić information content (AvgIpc) is 2.91. The van der Waals surface area contributed by atoms with E-state index in [0.717, 1.165) is 11.3 Å². The van der Waals surface area contributed by atoms with E-state index in [0.29, 0.717) is 22.7 Å². The van der Waals surface area contributed by atoms with Gasteiger partial charge in [0.1, 0.15) is 11.3 Å². The van der Waals surface area contributed by atoms with Crippen molar-refractivity contribution in [3.63, 3.8) is 0 Å². The molecule has 0 aliphatic heterocycles. The Hall–Kier alpha value is -2.91. The molecular weight excluding hydrogens is 256 g/mol. The van der Waals surface area contributed by atoms with Crippen LogP contribution in [0.5, 0.6) is 5.75 Å². The van der Waals surface area contributed by atoms with Gasteiger partial charge in [0.2, 0.25) is 12.0 Å². The number of hydrogen-bond donors (Lipinski definition) is 0. The first kappa shape index (κ1) is 12.1. The van der Waals surface area contributed by atoms with Gasteiger partial charge in [-0.25, -0.2) is 9.78 Å². The molecule has 0 fully saturated rings. The summed E-state index contributed by atoms with van der Waals surface area (Å²) in [5.74, 6) is 1.22. The molecule has 0 N–H and O–H groups in total. The molecule has 20 heavy (non-hydrogen) atoms. The molecule has 5 nitrogen and oxygen atoms in total. The highest BCUT2D eigenvalue weighted by molar-refractivity contribution is 5.79. The van der Waals surface area contributed by atoms with E-state index in [1.807, 2.05) is 24.3 Å². The summed E-state index contributed by atoms with van der Waals surface area (Å²) in [5.41, 5.74) is 2.59. The molecule has 0 saturated carbocycles. The molecule has 1 aromatic heterocycles. The van der Waals surface area contributed by atoms with E-state index >= 15 is 0 Å². The molecule has 2 aromatic carbocycles. The van der Waals surface area contributed by atoms with Crippen LogP contribution in [0, 0.1) is 0 Å². The molecule has 0 aliphatic rings. The Morgan fingerprint density at radius 3 is 2.95 bits per heavy atom. The highest BCUT2D eigenvalue weighted by atomic mass is 16.5. The topological polar surface area (TPSA) is 64.7 Å². The molecule has 0 spiro atoms. The van der Waals surface area contributed by atoms with Gasteiger partial charge in [0.25, 0.3) is 0 Å². The lowest BCUT2D eigenvalue weighted by molar-refractivity contribution is 0.415. The summed E-state index contributed by atoms with van der Waals surface area (Å²) in [6, 6.07) is 12.5. The van der Waals surface area contributed by atoms with Crippen molar-refractivity contribution in [2.24, 2.45) is 4.99 Å². The molecule has 3 aromatic rings. The summed E-state index contributed by atoms with van der Waals surface area (Å²) in [6.07, 6.45) is 1.50. The van der Waals surface area contributed by atoms with Gasteiger partial charge in [-0.3, -0.25) is 0 Å². The van der Waals surface area contributed by atoms with Gasteiger partial charge in [-0.15, -0.1) is 0 Å². The Morgan fingerprint density at radius 1 is 1.25 bits per heavy atom. The van der Waals surface area contributed by atoms with E-state index in [9.17, 15) is 4.79 Å². The van der Waals surface area contributed by atoms with Crippen molar-refractivity contribution in [2.75, 3.05) is 7.11 Å². The van der Waals surface area contributed by atoms with E-state index in [4.69, 9.17) is 9.15 Å². The van der Waals surface area contributed by atoms with E-state index in [2.05, 4.69) is 9.98 Å². The van der Waals surface area contributed by atoms with E-state index in [-0.39, 0.29) is 0 Å². The highest BCUT2D eigenvalue weighted by Gasteiger charge is 2.09. The largest absolute Gasteiger partial charge is 0.497 e. The van der Waals surface area contributed by atoms with Crippen LogP contribution >= 0.6 is 0 Å². The van der Waals surface area contributed by atoms with Gasteiger partial charge < -0.3 is 9.15 Å². The predicted octanol–water partition coefficient (Wildman–Crippen LogP) is 3.47. The number of rotatable bonds is 3. The predicted molar refractivity (Wildman–Crippen MR) is 73.8 cm³/mol. The number of carbonyl (C=O) groups excluding carboxylic acids is 1. The van der Waals surface area contributed by atoms with Crippen molar-refractivity contribution in [2.45, 2.75) is 0 Å². The Balaban J connectivity index is 2.09. The van der Waals surface area contributed by atoms with Gasteiger partial charge in [0.15, 0.2) is 5.58 Å². The van der Waals surface area contributed by atoms with Crippen LogP contribution in [0.1, 0.15) is 0 Å². The van der Waals surface area contributed by atoms with Crippen LogP contribution < -0.4 is 4.74 Å². The van der Waals surface area contributed by atoms with Gasteiger partial charge in [-0.05, 0) is 36.4 Å². The van der Waals surface area contributed by atoms with Crippen molar-refractivity contribution in [3.05, 3.63) is 42.5 Å². The Kier molecular flexibility index (Phi) is 3.03. The van der Waals surface area contributed by atoms with Gasteiger partial charge in [-0.2, -0.15) is 4.99 Å². The molecule has 0 radical (unpaired) electrons. The summed E-state index contributed by atoms with van der Waals surface area (Å²) >= 11 is 0. The zero-order chi connectivity index (χ0) is 13.9. The Morgan fingerprint density at radius 2 is 2.15 bits per heavy atom. The SMILES string of the molecule is COc1cccc(-c2nc3cc(N=C=O)ccc3o2)c1. The van der Waals surface area contributed by atoms with Gasteiger partial charge in [0, 0.05) is 5.56 Å². The lowest BCUT2D eigenvalue weighted by Crippen LogP contribution is -1.83. The second-order valence-corrected chi connectivity index (χ2v) is 4.11. The first-order valence-corrected chi connectivity index (χ1v) is 5.93. The number of isocyanates is 1. The molecule has 1 heterocycles. The third-order valence-electron chi connectivity index (χ3n) is 2.86. The lowest BCUT2D eigenvalue weighted by atomic mass is 10.2. The quantitative estimate of drug-likeness (QED) is 0.537. The van der Waals surface area contributed by atoms with Crippen LogP contribution in [-0.2, 0) is 4.79 Å². The number of nitrogens with zero attached hydrogens (tertiary/aromatic N) is 2. The fourth-order valence-electron chi connectivity index (χ4n) is 1.92. The number of methoxy groups -OCH3 is 1. The number of aromatic nitrogens is 1. The second kappa shape index (κ2) is 4.99. The third kappa shape index (κ3) is 2.18. The minimum atomic E-state index is 0.492. The minimum absolute atomic E-state index is 0.492. The number of hydrogen-bond acceptors (Lipinski definition) is 5. The molecule has 0 amide bonds. The zero-order valence-electron chi connectivity index (χ0n) is 10.7. The van der Waals surface area contributed by atoms with Crippen LogP contribution in [0.3, 0.4) is 0 Å². The summed E-state index contributed by atoms with van der Waals surface area (Å²) in [6.45, 7) is 0. The fraction of sp³-hybridized carbons (Fsp3) is 0.0667. The standard InChI is InChI=1S/C15H10N2O3/c1-19-12-4-2-3-10(7-12)15-17-13-8-11(16-9-18)5-6-14(13)20-15/h2-8H,1H3. The maximum Gasteiger partial charge on any atom is 0.240 e. The van der Waals surface area contributed by atoms with Crippen molar-refractivity contribution in [1.29, 1.82) is 0 Å². The third-order valence-corrected chi connectivity index (χ3v) is 2.86. The normalized spacial score (nSPS) is 10.2. The monoisotopic (exact) mass is 266 g/mol.